The maximum atomic E-state index is 11.4. The molecule has 6 heteroatoms. The minimum atomic E-state index is -1.14. The second-order valence-electron chi connectivity index (χ2n) is 4.89. The molecule has 3 rings (SSSR count). The average Bonchev–Trinajstić information content (AvgIpc) is 2.93. The third-order valence-electron chi connectivity index (χ3n) is 3.26. The molecule has 0 unspecified atom stereocenters. The molecule has 1 aromatic heterocycles. The first-order chi connectivity index (χ1) is 10.6. The summed E-state index contributed by atoms with van der Waals surface area (Å²) in [5, 5.41) is 26.4. The number of aromatic hydroxyl groups is 1. The number of hydrogen-bond acceptors (Lipinski definition) is 4. The molecule has 0 amide bonds. The first kappa shape index (κ1) is 13.8. The Kier molecular flexibility index (Phi) is 3.34. The molecule has 0 bridgehead atoms. The van der Waals surface area contributed by atoms with E-state index in [9.17, 15) is 15.0 Å². The Morgan fingerprint density at radius 3 is 2.50 bits per heavy atom. The fraction of sp³-hybridized carbons (Fsp3) is 0.0625. The number of benzene rings is 2. The highest BCUT2D eigenvalue weighted by atomic mass is 16.4. The van der Waals surface area contributed by atoms with E-state index in [0.717, 1.165) is 11.1 Å². The number of carbonyl (C=O) groups is 1. The minimum Gasteiger partial charge on any atom is -0.508 e. The second kappa shape index (κ2) is 5.33. The van der Waals surface area contributed by atoms with Gasteiger partial charge in [-0.05, 0) is 37.3 Å². The summed E-state index contributed by atoms with van der Waals surface area (Å²) < 4.78 is 1.46. The molecule has 0 aliphatic heterocycles. The smallest absolute Gasteiger partial charge is 0.358 e. The van der Waals surface area contributed by atoms with E-state index in [0.29, 0.717) is 11.4 Å². The van der Waals surface area contributed by atoms with Crippen LogP contribution in [0.15, 0.2) is 48.5 Å². The maximum Gasteiger partial charge on any atom is 0.358 e. The van der Waals surface area contributed by atoms with Crippen LogP contribution in [-0.4, -0.2) is 31.2 Å². The van der Waals surface area contributed by atoms with Gasteiger partial charge in [-0.25, -0.2) is 9.48 Å². The van der Waals surface area contributed by atoms with E-state index in [4.69, 9.17) is 0 Å². The van der Waals surface area contributed by atoms with Gasteiger partial charge in [0.05, 0.1) is 5.69 Å². The van der Waals surface area contributed by atoms with Crippen LogP contribution in [0.5, 0.6) is 5.75 Å². The van der Waals surface area contributed by atoms with E-state index in [1.807, 2.05) is 31.2 Å². The van der Waals surface area contributed by atoms with Crippen LogP contribution in [0.4, 0.5) is 0 Å². The molecule has 0 radical (unpaired) electrons. The summed E-state index contributed by atoms with van der Waals surface area (Å²) in [4.78, 5) is 11.4. The summed E-state index contributed by atoms with van der Waals surface area (Å²) in [7, 11) is 0. The van der Waals surface area contributed by atoms with Crippen molar-refractivity contribution in [3.63, 3.8) is 0 Å². The molecule has 0 saturated heterocycles. The minimum absolute atomic E-state index is 0.112. The van der Waals surface area contributed by atoms with Crippen molar-refractivity contribution in [3.8, 4) is 22.7 Å². The van der Waals surface area contributed by atoms with Crippen LogP contribution in [0.3, 0.4) is 0 Å². The predicted octanol–water partition coefficient (Wildman–Crippen LogP) is 2.65. The fourth-order valence-electron chi connectivity index (χ4n) is 2.25. The molecule has 6 nitrogen and oxygen atoms in total. The molecule has 0 aliphatic carbocycles. The number of hydrogen-bond donors (Lipinski definition) is 2. The van der Waals surface area contributed by atoms with Crippen LogP contribution < -0.4 is 0 Å². The zero-order valence-electron chi connectivity index (χ0n) is 11.8. The highest BCUT2D eigenvalue weighted by Gasteiger charge is 2.21. The van der Waals surface area contributed by atoms with Gasteiger partial charge in [0.2, 0.25) is 0 Å². The zero-order chi connectivity index (χ0) is 15.7. The number of aryl methyl sites for hydroxylation is 1. The van der Waals surface area contributed by atoms with Gasteiger partial charge in [0, 0.05) is 5.56 Å². The molecule has 3 aromatic rings. The topological polar surface area (TPSA) is 88.2 Å². The van der Waals surface area contributed by atoms with Crippen LogP contribution in [0, 0.1) is 6.92 Å². The van der Waals surface area contributed by atoms with Gasteiger partial charge >= 0.3 is 5.97 Å². The zero-order valence-corrected chi connectivity index (χ0v) is 11.8. The van der Waals surface area contributed by atoms with Gasteiger partial charge in [-0.15, -0.1) is 5.10 Å². The molecular formula is C16H13N3O3. The molecule has 1 heterocycles. The van der Waals surface area contributed by atoms with Gasteiger partial charge in [0.25, 0.3) is 0 Å². The fourth-order valence-corrected chi connectivity index (χ4v) is 2.25. The Morgan fingerprint density at radius 2 is 1.86 bits per heavy atom. The van der Waals surface area contributed by atoms with Gasteiger partial charge in [-0.1, -0.05) is 29.0 Å². The SMILES string of the molecule is Cc1cccc(-c2c(C(=O)O)nnn2-c2ccc(O)cc2)c1. The Morgan fingerprint density at radius 1 is 1.14 bits per heavy atom. The van der Waals surface area contributed by atoms with Crippen molar-refractivity contribution >= 4 is 5.97 Å². The third kappa shape index (κ3) is 2.42. The number of nitrogens with zero attached hydrogens (tertiary/aromatic N) is 3. The molecule has 110 valence electrons. The lowest BCUT2D eigenvalue weighted by molar-refractivity contribution is 0.0691. The first-order valence-electron chi connectivity index (χ1n) is 6.61. The Bertz CT molecular complexity index is 838. The largest absolute Gasteiger partial charge is 0.508 e. The van der Waals surface area contributed by atoms with Crippen molar-refractivity contribution in [1.82, 2.24) is 15.0 Å². The van der Waals surface area contributed by atoms with Gasteiger partial charge in [0.15, 0.2) is 5.69 Å². The Balaban J connectivity index is 2.24. The summed E-state index contributed by atoms with van der Waals surface area (Å²) in [6.07, 6.45) is 0. The summed E-state index contributed by atoms with van der Waals surface area (Å²) in [6.45, 7) is 1.93. The van der Waals surface area contributed by atoms with Crippen LogP contribution in [0.25, 0.3) is 16.9 Å². The molecule has 0 fully saturated rings. The Labute approximate surface area is 126 Å². The number of aromatic nitrogens is 3. The highest BCUT2D eigenvalue weighted by molar-refractivity contribution is 5.93. The molecule has 0 atom stereocenters. The van der Waals surface area contributed by atoms with Crippen LogP contribution >= 0.6 is 0 Å². The van der Waals surface area contributed by atoms with E-state index in [2.05, 4.69) is 10.3 Å². The molecule has 2 aromatic carbocycles. The standard InChI is InChI=1S/C16H13N3O3/c1-10-3-2-4-11(9-10)15-14(16(21)22)17-18-19(15)12-5-7-13(20)8-6-12/h2-9,20H,1H3,(H,21,22). The van der Waals surface area contributed by atoms with Crippen molar-refractivity contribution in [2.24, 2.45) is 0 Å². The van der Waals surface area contributed by atoms with Crippen LogP contribution in [-0.2, 0) is 0 Å². The Hall–Kier alpha value is -3.15. The molecule has 0 aliphatic rings. The van der Waals surface area contributed by atoms with Crippen LogP contribution in [0.2, 0.25) is 0 Å². The number of phenolic OH excluding ortho intramolecular Hbond substituents is 1. The van der Waals surface area contributed by atoms with E-state index in [1.165, 1.54) is 16.8 Å². The van der Waals surface area contributed by atoms with Crippen molar-refractivity contribution in [2.75, 3.05) is 0 Å². The lowest BCUT2D eigenvalue weighted by Crippen LogP contribution is -2.03. The van der Waals surface area contributed by atoms with E-state index in [1.54, 1.807) is 12.1 Å². The second-order valence-corrected chi connectivity index (χ2v) is 4.89. The van der Waals surface area contributed by atoms with Gasteiger partial charge in [-0.2, -0.15) is 0 Å². The van der Waals surface area contributed by atoms with Crippen molar-refractivity contribution in [1.29, 1.82) is 0 Å². The molecule has 2 N–H and O–H groups in total. The summed E-state index contributed by atoms with van der Waals surface area (Å²) in [6, 6.07) is 13.8. The molecule has 0 saturated carbocycles. The van der Waals surface area contributed by atoms with Crippen molar-refractivity contribution < 1.29 is 15.0 Å². The molecule has 0 spiro atoms. The van der Waals surface area contributed by atoms with E-state index >= 15 is 0 Å². The molecular weight excluding hydrogens is 282 g/mol. The lowest BCUT2D eigenvalue weighted by Gasteiger charge is -2.08. The number of carboxylic acid groups (broad SMARTS) is 1. The first-order valence-corrected chi connectivity index (χ1v) is 6.61. The van der Waals surface area contributed by atoms with Gasteiger partial charge in [-0.3, -0.25) is 0 Å². The number of rotatable bonds is 3. The van der Waals surface area contributed by atoms with E-state index in [-0.39, 0.29) is 11.4 Å². The van der Waals surface area contributed by atoms with Crippen molar-refractivity contribution in [3.05, 3.63) is 59.8 Å². The van der Waals surface area contributed by atoms with Crippen LogP contribution in [0.1, 0.15) is 16.1 Å². The highest BCUT2D eigenvalue weighted by Crippen LogP contribution is 2.26. The lowest BCUT2D eigenvalue weighted by atomic mass is 10.1. The third-order valence-corrected chi connectivity index (χ3v) is 3.26. The van der Waals surface area contributed by atoms with Gasteiger partial charge < -0.3 is 10.2 Å². The predicted molar refractivity (Wildman–Crippen MR) is 80.2 cm³/mol. The quantitative estimate of drug-likeness (QED) is 0.775. The summed E-state index contributed by atoms with van der Waals surface area (Å²) in [5.74, 6) is -1.01. The average molecular weight is 295 g/mol. The normalized spacial score (nSPS) is 10.6. The number of carboxylic acids is 1. The number of aromatic carboxylic acids is 1. The molecule has 22 heavy (non-hydrogen) atoms. The van der Waals surface area contributed by atoms with Gasteiger partial charge in [0.1, 0.15) is 11.4 Å². The monoisotopic (exact) mass is 295 g/mol. The maximum absolute atomic E-state index is 11.4. The number of phenols is 1. The summed E-state index contributed by atoms with van der Waals surface area (Å²) in [5.41, 5.74) is 2.64. The summed E-state index contributed by atoms with van der Waals surface area (Å²) >= 11 is 0. The van der Waals surface area contributed by atoms with E-state index < -0.39 is 5.97 Å². The van der Waals surface area contributed by atoms with Crippen molar-refractivity contribution in [2.45, 2.75) is 6.92 Å².